The van der Waals surface area contributed by atoms with Gasteiger partial charge in [0.2, 0.25) is 0 Å². The van der Waals surface area contributed by atoms with Crippen molar-refractivity contribution in [2.75, 3.05) is 7.11 Å². The van der Waals surface area contributed by atoms with Gasteiger partial charge in [0.05, 0.1) is 5.69 Å². The summed E-state index contributed by atoms with van der Waals surface area (Å²) < 4.78 is 8.57. The largest absolute Gasteiger partial charge is 0.489 e. The predicted octanol–water partition coefficient (Wildman–Crippen LogP) is 3.56. The van der Waals surface area contributed by atoms with Crippen LogP contribution in [0.4, 0.5) is 0 Å². The molecule has 0 unspecified atom stereocenters. The lowest BCUT2D eigenvalue weighted by Crippen LogP contribution is -2.23. The van der Waals surface area contributed by atoms with Gasteiger partial charge in [-0.3, -0.25) is 0 Å². The van der Waals surface area contributed by atoms with Crippen LogP contribution in [0.3, 0.4) is 0 Å². The summed E-state index contributed by atoms with van der Waals surface area (Å²) in [7, 11) is 3.10. The molecule has 0 N–H and O–H groups in total. The summed E-state index contributed by atoms with van der Waals surface area (Å²) >= 11 is 0. The number of para-hydroxylation sites is 1. The number of hydrogen-bond acceptors (Lipinski definition) is 6. The minimum absolute atomic E-state index is 0.274. The Morgan fingerprint density at radius 3 is 2.45 bits per heavy atom. The topological polar surface area (TPSA) is 83.5 Å². The van der Waals surface area contributed by atoms with Crippen LogP contribution in [0.1, 0.15) is 27.8 Å². The van der Waals surface area contributed by atoms with Crippen molar-refractivity contribution >= 4 is 5.71 Å². The van der Waals surface area contributed by atoms with Gasteiger partial charge in [0.25, 0.3) is 0 Å². The van der Waals surface area contributed by atoms with Gasteiger partial charge in [-0.2, -0.15) is 9.36 Å². The Bertz CT molecular complexity index is 1370. The zero-order valence-electron chi connectivity index (χ0n) is 19.0. The van der Waals surface area contributed by atoms with Crippen LogP contribution < -0.4 is 10.4 Å². The molecule has 0 spiro atoms. The third-order valence-corrected chi connectivity index (χ3v) is 5.25. The van der Waals surface area contributed by atoms with Gasteiger partial charge in [-0.15, -0.1) is 0 Å². The maximum absolute atomic E-state index is 12.3. The molecular weight excluding hydrogens is 418 g/mol. The van der Waals surface area contributed by atoms with Crippen LogP contribution in [0.5, 0.6) is 5.75 Å². The molecule has 0 fully saturated rings. The van der Waals surface area contributed by atoms with Gasteiger partial charge in [-0.25, -0.2) is 4.79 Å². The van der Waals surface area contributed by atoms with Gasteiger partial charge in [0.1, 0.15) is 25.2 Å². The lowest BCUT2D eigenvalue weighted by atomic mass is 9.99. The smallest absolute Gasteiger partial charge is 0.368 e. The Kier molecular flexibility index (Phi) is 6.35. The maximum Gasteiger partial charge on any atom is 0.368 e. The van der Waals surface area contributed by atoms with E-state index in [-0.39, 0.29) is 12.3 Å². The van der Waals surface area contributed by atoms with E-state index in [1.165, 1.54) is 9.36 Å². The first-order chi connectivity index (χ1) is 16.0. The lowest BCUT2D eigenvalue weighted by molar-refractivity contribution is 0.214. The van der Waals surface area contributed by atoms with Gasteiger partial charge in [0.15, 0.2) is 0 Å². The third-order valence-electron chi connectivity index (χ3n) is 5.25. The molecule has 33 heavy (non-hydrogen) atoms. The van der Waals surface area contributed by atoms with Gasteiger partial charge >= 0.3 is 5.69 Å². The summed E-state index contributed by atoms with van der Waals surface area (Å²) in [4.78, 5) is 17.4. The second-order valence-corrected chi connectivity index (χ2v) is 7.69. The number of oxime groups is 1. The minimum Gasteiger partial charge on any atom is -0.489 e. The summed E-state index contributed by atoms with van der Waals surface area (Å²) in [5, 5.41) is 12.0. The summed E-state index contributed by atoms with van der Waals surface area (Å²) in [6.45, 7) is 4.30. The monoisotopic (exact) mass is 443 g/mol. The van der Waals surface area contributed by atoms with E-state index in [4.69, 9.17) is 9.57 Å². The third kappa shape index (κ3) is 4.69. The molecule has 0 radical (unpaired) electrons. The summed E-state index contributed by atoms with van der Waals surface area (Å²) in [6, 6.07) is 21.5. The van der Waals surface area contributed by atoms with Crippen molar-refractivity contribution in [3.8, 4) is 11.4 Å². The summed E-state index contributed by atoms with van der Waals surface area (Å²) in [5.41, 5.74) is 5.91. The number of benzene rings is 3. The lowest BCUT2D eigenvalue weighted by Gasteiger charge is -2.14. The molecular formula is C25H25N5O3. The average molecular weight is 444 g/mol. The molecule has 0 saturated carbocycles. The van der Waals surface area contributed by atoms with E-state index < -0.39 is 0 Å². The molecule has 1 heterocycles. The first-order valence-corrected chi connectivity index (χ1v) is 10.5. The van der Waals surface area contributed by atoms with Crippen molar-refractivity contribution in [2.24, 2.45) is 12.2 Å². The number of aromatic nitrogens is 4. The SMILES string of the molecule is CO/N=C(/c1cccc(C)c1)c1ccc(OCc2ccccc2-n2nnn(C)c2=O)c(C)c1. The molecule has 0 aliphatic carbocycles. The first kappa shape index (κ1) is 22.0. The highest BCUT2D eigenvalue weighted by atomic mass is 16.6. The maximum atomic E-state index is 12.3. The fraction of sp³-hybridized carbons (Fsp3) is 0.200. The minimum atomic E-state index is -0.316. The normalized spacial score (nSPS) is 11.5. The van der Waals surface area contributed by atoms with Crippen molar-refractivity contribution in [1.82, 2.24) is 19.8 Å². The zero-order valence-corrected chi connectivity index (χ0v) is 19.0. The molecule has 3 aromatic carbocycles. The quantitative estimate of drug-likeness (QED) is 0.322. The van der Waals surface area contributed by atoms with Crippen LogP contribution >= 0.6 is 0 Å². The molecule has 0 amide bonds. The van der Waals surface area contributed by atoms with Gasteiger partial charge < -0.3 is 9.57 Å². The highest BCUT2D eigenvalue weighted by molar-refractivity contribution is 6.12. The number of ether oxygens (including phenoxy) is 1. The molecule has 8 nitrogen and oxygen atoms in total. The Balaban J connectivity index is 1.59. The van der Waals surface area contributed by atoms with Crippen molar-refractivity contribution < 1.29 is 9.57 Å². The predicted molar refractivity (Wildman–Crippen MR) is 126 cm³/mol. The fourth-order valence-corrected chi connectivity index (χ4v) is 3.57. The van der Waals surface area contributed by atoms with Crippen LogP contribution in [0.25, 0.3) is 5.69 Å². The highest BCUT2D eigenvalue weighted by Crippen LogP contribution is 2.24. The highest BCUT2D eigenvalue weighted by Gasteiger charge is 2.13. The van der Waals surface area contributed by atoms with Gasteiger partial charge in [-0.05, 0) is 60.2 Å². The number of hydrogen-bond donors (Lipinski definition) is 0. The Morgan fingerprint density at radius 2 is 1.76 bits per heavy atom. The van der Waals surface area contributed by atoms with Crippen LogP contribution in [0.15, 0.2) is 76.7 Å². The Labute approximate surface area is 191 Å². The second kappa shape index (κ2) is 9.52. The zero-order chi connectivity index (χ0) is 23.4. The van der Waals surface area contributed by atoms with Crippen molar-refractivity contribution in [1.29, 1.82) is 0 Å². The van der Waals surface area contributed by atoms with E-state index in [2.05, 4.69) is 21.6 Å². The van der Waals surface area contributed by atoms with Crippen LogP contribution in [0.2, 0.25) is 0 Å². The molecule has 168 valence electrons. The standard InChI is InChI=1S/C25H25N5O3/c1-17-8-7-10-19(14-17)24(26-32-4)20-12-13-23(18(2)15-20)33-16-21-9-5-6-11-22(21)30-25(31)29(3)27-28-30/h5-15H,16H2,1-4H3/b26-24-. The van der Waals surface area contributed by atoms with E-state index in [9.17, 15) is 4.79 Å². The molecule has 0 aliphatic rings. The van der Waals surface area contributed by atoms with E-state index in [0.29, 0.717) is 5.69 Å². The van der Waals surface area contributed by atoms with E-state index in [1.807, 2.05) is 74.5 Å². The first-order valence-electron chi connectivity index (χ1n) is 10.5. The van der Waals surface area contributed by atoms with Crippen molar-refractivity contribution in [2.45, 2.75) is 20.5 Å². The molecule has 0 aliphatic heterocycles. The molecule has 0 atom stereocenters. The number of rotatable bonds is 7. The fourth-order valence-electron chi connectivity index (χ4n) is 3.57. The summed E-state index contributed by atoms with van der Waals surface area (Å²) in [5.74, 6) is 0.737. The number of aryl methyl sites for hydroxylation is 3. The molecule has 4 rings (SSSR count). The average Bonchev–Trinajstić information content (AvgIpc) is 3.15. The van der Waals surface area contributed by atoms with Crippen LogP contribution in [-0.2, 0) is 18.5 Å². The number of nitrogens with zero attached hydrogens (tertiary/aromatic N) is 5. The van der Waals surface area contributed by atoms with Gasteiger partial charge in [0, 0.05) is 23.7 Å². The van der Waals surface area contributed by atoms with Crippen molar-refractivity contribution in [3.05, 3.63) is 105 Å². The molecule has 0 bridgehead atoms. The number of tetrazole rings is 1. The van der Waals surface area contributed by atoms with Gasteiger partial charge in [-0.1, -0.05) is 47.1 Å². The van der Waals surface area contributed by atoms with E-state index in [0.717, 1.165) is 39.3 Å². The van der Waals surface area contributed by atoms with Crippen LogP contribution in [0, 0.1) is 13.8 Å². The van der Waals surface area contributed by atoms with Crippen LogP contribution in [-0.4, -0.2) is 32.6 Å². The Hall–Kier alpha value is -4.20. The Morgan fingerprint density at radius 1 is 0.970 bits per heavy atom. The molecule has 4 aromatic rings. The molecule has 1 aromatic heterocycles. The molecule has 8 heteroatoms. The van der Waals surface area contributed by atoms with Crippen molar-refractivity contribution in [3.63, 3.8) is 0 Å². The van der Waals surface area contributed by atoms with E-state index >= 15 is 0 Å². The summed E-state index contributed by atoms with van der Waals surface area (Å²) in [6.07, 6.45) is 0. The molecule has 0 saturated heterocycles. The van der Waals surface area contributed by atoms with E-state index in [1.54, 1.807) is 14.2 Å². The second-order valence-electron chi connectivity index (χ2n) is 7.69.